The van der Waals surface area contributed by atoms with Crippen LogP contribution in [0.2, 0.25) is 0 Å². The molecule has 0 aliphatic carbocycles. The molecule has 2 aliphatic rings. The Morgan fingerprint density at radius 1 is 0.490 bits per heavy atom. The molecule has 4 N–H and O–H groups in total. The first kappa shape index (κ1) is 82.3. The molecule has 24 heteroatoms. The van der Waals surface area contributed by atoms with Crippen LogP contribution in [0.4, 0.5) is 14.4 Å². The average Bonchev–Trinajstić information content (AvgIpc) is 1.62. The highest BCUT2D eigenvalue weighted by atomic mass is 16.6. The first-order valence-corrected chi connectivity index (χ1v) is 33.8. The van der Waals surface area contributed by atoms with Crippen molar-refractivity contribution in [3.05, 3.63) is 107 Å². The van der Waals surface area contributed by atoms with Crippen molar-refractivity contribution in [2.75, 3.05) is 47.3 Å². The van der Waals surface area contributed by atoms with E-state index in [9.17, 15) is 47.9 Å². The van der Waals surface area contributed by atoms with E-state index in [2.05, 4.69) is 16.0 Å². The number of hydrogen-bond acceptors (Lipinski definition) is 15. The molecule has 3 aromatic carbocycles. The van der Waals surface area contributed by atoms with Crippen LogP contribution in [0.5, 0.6) is 0 Å². The SMILES string of the molecule is C[C@@H](C(=O)C[C@H](C(=O)N1C[C@@H](OCc2ccc(CO[C@H]3C[C@@H](C(=O)NCCc4ccccc4)N(C(=O)[C@@H](NC(=O)[C@H](C)N(C)C(=O)OC(C)(C)C)C(C)(C)C)C3)cc2)C[C@H]1C(=O)NCCc1ccccc1)C(C)(C)C)N(C)C(=O)OC(C)(C)C.C[C@@H](C(=O)O)N(C)C(=O)OC(C)(C)C. The van der Waals surface area contributed by atoms with E-state index in [0.717, 1.165) is 27.2 Å². The number of amides is 8. The Morgan fingerprint density at radius 2 is 0.847 bits per heavy atom. The first-order valence-electron chi connectivity index (χ1n) is 33.8. The van der Waals surface area contributed by atoms with E-state index in [0.29, 0.717) is 25.9 Å². The van der Waals surface area contributed by atoms with Crippen molar-refractivity contribution in [1.82, 2.24) is 40.4 Å². The Balaban J connectivity index is 0.00000130. The molecule has 2 fully saturated rings. The molecule has 3 aromatic rings. The lowest BCUT2D eigenvalue weighted by Crippen LogP contribution is -2.60. The maximum absolute atomic E-state index is 14.8. The van der Waals surface area contributed by atoms with Crippen molar-refractivity contribution in [1.29, 1.82) is 0 Å². The lowest BCUT2D eigenvalue weighted by molar-refractivity contribution is -0.146. The Kier molecular flexibility index (Phi) is 29.9. The summed E-state index contributed by atoms with van der Waals surface area (Å²) in [5.74, 6) is -4.20. The molecule has 0 radical (unpaired) electrons. The molecule has 0 saturated carbocycles. The van der Waals surface area contributed by atoms with E-state index in [-0.39, 0.29) is 69.1 Å². The van der Waals surface area contributed by atoms with Crippen LogP contribution in [0.25, 0.3) is 0 Å². The Labute approximate surface area is 580 Å². The quantitative estimate of drug-likeness (QED) is 0.0575. The largest absolute Gasteiger partial charge is 0.480 e. The van der Waals surface area contributed by atoms with Gasteiger partial charge >= 0.3 is 24.2 Å². The van der Waals surface area contributed by atoms with Gasteiger partial charge in [-0.15, -0.1) is 0 Å². The van der Waals surface area contributed by atoms with Gasteiger partial charge in [0.15, 0.2) is 5.78 Å². The van der Waals surface area contributed by atoms with Crippen LogP contribution in [-0.4, -0.2) is 202 Å². The molecule has 0 unspecified atom stereocenters. The van der Waals surface area contributed by atoms with Crippen molar-refractivity contribution in [2.45, 2.75) is 235 Å². The first-order chi connectivity index (χ1) is 45.3. The highest BCUT2D eigenvalue weighted by molar-refractivity contribution is 5.96. The number of nitrogens with one attached hydrogen (secondary N) is 3. The van der Waals surface area contributed by atoms with Gasteiger partial charge in [-0.1, -0.05) is 126 Å². The third kappa shape index (κ3) is 26.3. The highest BCUT2D eigenvalue weighted by Crippen LogP contribution is 2.35. The second-order valence-electron chi connectivity index (χ2n) is 30.8. The van der Waals surface area contributed by atoms with Crippen LogP contribution < -0.4 is 16.0 Å². The van der Waals surface area contributed by atoms with Gasteiger partial charge in [0.25, 0.3) is 0 Å². The van der Waals surface area contributed by atoms with Gasteiger partial charge in [-0.3, -0.25) is 38.6 Å². The van der Waals surface area contributed by atoms with E-state index < -0.39 is 118 Å². The molecule has 2 aliphatic heterocycles. The number of benzene rings is 3. The molecule has 24 nitrogen and oxygen atoms in total. The molecule has 2 saturated heterocycles. The second-order valence-corrected chi connectivity index (χ2v) is 30.8. The van der Waals surface area contributed by atoms with Gasteiger partial charge in [-0.05, 0) is 129 Å². The summed E-state index contributed by atoms with van der Waals surface area (Å²) in [6.45, 7) is 32.6. The van der Waals surface area contributed by atoms with E-state index in [1.165, 1.54) is 42.8 Å². The standard InChI is InChI=1S/C65H95N7O12.C9H17NO4/c1-42(69(15)60(79)83-64(9,10)11)53(73)37-50(62(3,4)5)58(77)71-38-48(35-51(71)56(75)66-33-31-44-23-19-17-20-24-44)81-40-46-27-29-47(30-28-46)41-82-49-36-52(57(76)67-34-32-45-25-21-18-22-26-45)72(39-49)59(78)54(63(6,7)8)68-55(74)43(2)70(16)61(80)84-65(12,13)14;1-6(7(11)12)10(5)8(13)14-9(2,3)4/h17-30,42-43,48-52,54H,31-41H2,1-16H3,(H,66,75)(H,67,76)(H,68,74);6H,1-5H3,(H,11,12)/t42-,43-,48-,49-,50+,51-,52-,54+;6-/m00/s1. The number of likely N-dealkylation sites (tertiary alicyclic amines) is 2. The van der Waals surface area contributed by atoms with Crippen molar-refractivity contribution in [2.24, 2.45) is 16.7 Å². The number of aliphatic carboxylic acids is 1. The molecule has 5 rings (SSSR count). The van der Waals surface area contributed by atoms with E-state index in [4.69, 9.17) is 28.8 Å². The zero-order valence-corrected chi connectivity index (χ0v) is 61.9. The lowest BCUT2D eigenvalue weighted by atomic mass is 9.76. The lowest BCUT2D eigenvalue weighted by Gasteiger charge is -2.36. The fraction of sp³-hybridized carbons (Fsp3) is 0.622. The maximum atomic E-state index is 14.8. The fourth-order valence-corrected chi connectivity index (χ4v) is 10.6. The maximum Gasteiger partial charge on any atom is 0.410 e. The van der Waals surface area contributed by atoms with E-state index in [1.807, 2.05) is 126 Å². The third-order valence-electron chi connectivity index (χ3n) is 16.9. The second kappa shape index (κ2) is 35.6. The number of ether oxygens (including phenoxy) is 5. The molecule has 9 atom stereocenters. The minimum Gasteiger partial charge on any atom is -0.480 e. The van der Waals surface area contributed by atoms with Crippen LogP contribution >= 0.6 is 0 Å². The fourth-order valence-electron chi connectivity index (χ4n) is 10.6. The van der Waals surface area contributed by atoms with Crippen LogP contribution in [0.1, 0.15) is 166 Å². The molecule has 8 amide bonds. The van der Waals surface area contributed by atoms with Gasteiger partial charge in [-0.2, -0.15) is 0 Å². The summed E-state index contributed by atoms with van der Waals surface area (Å²) in [5, 5.41) is 17.6. The number of ketones is 1. The van der Waals surface area contributed by atoms with Gasteiger partial charge in [0, 0.05) is 72.5 Å². The summed E-state index contributed by atoms with van der Waals surface area (Å²) in [6.07, 6.45) is -1.55. The van der Waals surface area contributed by atoms with Gasteiger partial charge in [0.05, 0.1) is 31.5 Å². The molecule has 98 heavy (non-hydrogen) atoms. The summed E-state index contributed by atoms with van der Waals surface area (Å²) in [6, 6.07) is 21.6. The van der Waals surface area contributed by atoms with Crippen molar-refractivity contribution >= 4 is 59.6 Å². The summed E-state index contributed by atoms with van der Waals surface area (Å²) >= 11 is 0. The predicted molar refractivity (Wildman–Crippen MR) is 372 cm³/mol. The zero-order chi connectivity index (χ0) is 74.0. The number of carbonyl (C=O) groups is 10. The van der Waals surface area contributed by atoms with Crippen molar-refractivity contribution < 1.29 is 76.7 Å². The number of carbonyl (C=O) groups excluding carboxylic acids is 9. The normalized spacial score (nSPS) is 18.1. The Bertz CT molecular complexity index is 2980. The van der Waals surface area contributed by atoms with Crippen LogP contribution in [0, 0.1) is 16.7 Å². The number of carboxylic acids is 1. The van der Waals surface area contributed by atoms with Crippen molar-refractivity contribution in [3.8, 4) is 0 Å². The zero-order valence-electron chi connectivity index (χ0n) is 61.9. The number of carboxylic acid groups (broad SMARTS) is 1. The van der Waals surface area contributed by atoms with Gasteiger partial charge < -0.3 is 59.4 Å². The topological polar surface area (TPSA) is 289 Å². The van der Waals surface area contributed by atoms with E-state index in [1.54, 1.807) is 81.1 Å². The molecule has 0 aromatic heterocycles. The van der Waals surface area contributed by atoms with Crippen LogP contribution in [0.15, 0.2) is 84.9 Å². The molecule has 0 bridgehead atoms. The predicted octanol–water partition coefficient (Wildman–Crippen LogP) is 9.37. The number of likely N-dealkylation sites (N-methyl/N-ethyl adjacent to an activating group) is 3. The molecular weight excluding hydrogens is 1260 g/mol. The smallest absolute Gasteiger partial charge is 0.410 e. The molecule has 2 heterocycles. The number of Topliss-reactive ketones (excluding diaryl/α,β-unsaturated/α-hetero) is 1. The summed E-state index contributed by atoms with van der Waals surface area (Å²) in [5.41, 5.74) is 0.110. The number of nitrogens with zero attached hydrogens (tertiary/aromatic N) is 5. The summed E-state index contributed by atoms with van der Waals surface area (Å²) < 4.78 is 28.9. The Hall–Kier alpha value is -8.12. The van der Waals surface area contributed by atoms with Gasteiger partial charge in [-0.25, -0.2) is 19.2 Å². The van der Waals surface area contributed by atoms with Gasteiger partial charge in [0.2, 0.25) is 29.5 Å². The van der Waals surface area contributed by atoms with E-state index >= 15 is 0 Å². The monoisotopic (exact) mass is 1370 g/mol. The Morgan fingerprint density at radius 3 is 1.19 bits per heavy atom. The van der Waals surface area contributed by atoms with Crippen LogP contribution in [0.3, 0.4) is 0 Å². The average molecular weight is 1370 g/mol. The van der Waals surface area contributed by atoms with Crippen molar-refractivity contribution in [3.63, 3.8) is 0 Å². The summed E-state index contributed by atoms with van der Waals surface area (Å²) in [4.78, 5) is 140. The number of rotatable bonds is 25. The minimum atomic E-state index is -1.07. The molecular formula is C74H112N8O16. The molecule has 0 spiro atoms. The number of hydrogen-bond donors (Lipinski definition) is 4. The van der Waals surface area contributed by atoms with Gasteiger partial charge in [0.1, 0.15) is 47.0 Å². The highest BCUT2D eigenvalue weighted by Gasteiger charge is 2.48. The van der Waals surface area contributed by atoms with Crippen LogP contribution in [-0.2, 0) is 83.3 Å². The summed E-state index contributed by atoms with van der Waals surface area (Å²) in [7, 11) is 4.36. The third-order valence-corrected chi connectivity index (χ3v) is 16.9. The minimum absolute atomic E-state index is 0.0850. The molecule has 544 valence electrons.